The Balaban J connectivity index is 2.25. The topological polar surface area (TPSA) is 62.7 Å². The standard InChI is InChI=1S/C23H32ClN3O3/c1-4-26(5-2)14-8-9-18(3)27(23(29)30-16-7-6-15-28)22-12-13-25-21-17-19(24)10-11-20(21)22/h10-13,15,17-18H,4-9,14,16H2,1-3H3. The van der Waals surface area contributed by atoms with Crippen LogP contribution in [0, 0.1) is 0 Å². The second-order valence-corrected chi connectivity index (χ2v) is 7.74. The van der Waals surface area contributed by atoms with Gasteiger partial charge in [0.1, 0.15) is 6.29 Å². The highest BCUT2D eigenvalue weighted by molar-refractivity contribution is 6.31. The highest BCUT2D eigenvalue weighted by Gasteiger charge is 2.25. The minimum Gasteiger partial charge on any atom is -0.449 e. The lowest BCUT2D eigenvalue weighted by Gasteiger charge is -2.30. The number of amides is 1. The lowest BCUT2D eigenvalue weighted by molar-refractivity contribution is -0.108. The molecule has 2 rings (SSSR count). The second kappa shape index (κ2) is 12.5. The number of benzene rings is 1. The van der Waals surface area contributed by atoms with E-state index in [1.807, 2.05) is 19.1 Å². The van der Waals surface area contributed by atoms with E-state index >= 15 is 0 Å². The van der Waals surface area contributed by atoms with Crippen LogP contribution in [-0.4, -0.2) is 54.5 Å². The van der Waals surface area contributed by atoms with Gasteiger partial charge in [0.2, 0.25) is 0 Å². The van der Waals surface area contributed by atoms with E-state index < -0.39 is 6.09 Å². The summed E-state index contributed by atoms with van der Waals surface area (Å²) in [4.78, 5) is 32.0. The van der Waals surface area contributed by atoms with Crippen molar-refractivity contribution in [1.82, 2.24) is 9.88 Å². The van der Waals surface area contributed by atoms with Gasteiger partial charge in [0.05, 0.1) is 17.8 Å². The minimum absolute atomic E-state index is 0.0552. The molecule has 1 heterocycles. The first-order chi connectivity index (χ1) is 14.5. The normalized spacial score (nSPS) is 12.2. The number of carbonyl (C=O) groups excluding carboxylic acids is 2. The lowest BCUT2D eigenvalue weighted by atomic mass is 10.1. The number of pyridine rings is 1. The zero-order chi connectivity index (χ0) is 21.9. The molecule has 0 aliphatic heterocycles. The number of hydrogen-bond acceptors (Lipinski definition) is 5. The number of anilines is 1. The van der Waals surface area contributed by atoms with Crippen molar-refractivity contribution < 1.29 is 14.3 Å². The summed E-state index contributed by atoms with van der Waals surface area (Å²) in [7, 11) is 0. The molecule has 0 aliphatic carbocycles. The summed E-state index contributed by atoms with van der Waals surface area (Å²) >= 11 is 6.12. The molecular weight excluding hydrogens is 402 g/mol. The van der Waals surface area contributed by atoms with Crippen LogP contribution in [0.5, 0.6) is 0 Å². The molecule has 1 aromatic carbocycles. The predicted octanol–water partition coefficient (Wildman–Crippen LogP) is 5.32. The van der Waals surface area contributed by atoms with Crippen molar-refractivity contribution in [1.29, 1.82) is 0 Å². The number of aldehydes is 1. The lowest BCUT2D eigenvalue weighted by Crippen LogP contribution is -2.40. The Morgan fingerprint density at radius 1 is 1.23 bits per heavy atom. The summed E-state index contributed by atoms with van der Waals surface area (Å²) in [5.41, 5.74) is 1.49. The van der Waals surface area contributed by atoms with Crippen molar-refractivity contribution in [2.45, 2.75) is 52.5 Å². The van der Waals surface area contributed by atoms with Gasteiger partial charge in [-0.25, -0.2) is 4.79 Å². The van der Waals surface area contributed by atoms with Crippen LogP contribution in [0.3, 0.4) is 0 Å². The van der Waals surface area contributed by atoms with Crippen LogP contribution in [0.15, 0.2) is 30.5 Å². The van der Waals surface area contributed by atoms with Crippen LogP contribution in [0.25, 0.3) is 10.9 Å². The van der Waals surface area contributed by atoms with Crippen molar-refractivity contribution in [3.05, 3.63) is 35.5 Å². The first-order valence-corrected chi connectivity index (χ1v) is 11.1. The van der Waals surface area contributed by atoms with Crippen molar-refractivity contribution in [3.8, 4) is 0 Å². The third-order valence-electron chi connectivity index (χ3n) is 5.26. The van der Waals surface area contributed by atoms with Gasteiger partial charge in [-0.15, -0.1) is 0 Å². The summed E-state index contributed by atoms with van der Waals surface area (Å²) in [6, 6.07) is 7.26. The van der Waals surface area contributed by atoms with Crippen molar-refractivity contribution >= 4 is 40.6 Å². The molecule has 1 unspecified atom stereocenters. The van der Waals surface area contributed by atoms with E-state index in [-0.39, 0.29) is 12.6 Å². The molecule has 0 saturated heterocycles. The molecule has 0 aliphatic rings. The molecule has 0 fully saturated rings. The molecule has 0 spiro atoms. The van der Waals surface area contributed by atoms with Crippen LogP contribution in [0.4, 0.5) is 10.5 Å². The quantitative estimate of drug-likeness (QED) is 0.335. The minimum atomic E-state index is -0.404. The molecule has 0 bridgehead atoms. The first kappa shape index (κ1) is 24.1. The summed E-state index contributed by atoms with van der Waals surface area (Å²) in [5, 5.41) is 1.45. The fraction of sp³-hybridized carbons (Fsp3) is 0.522. The van der Waals surface area contributed by atoms with E-state index in [9.17, 15) is 9.59 Å². The van der Waals surface area contributed by atoms with Gasteiger partial charge in [-0.2, -0.15) is 0 Å². The SMILES string of the molecule is CCN(CC)CCCC(C)N(C(=O)OCCCC=O)c1ccnc2cc(Cl)ccc12. The molecule has 1 aromatic heterocycles. The number of ether oxygens (including phenoxy) is 1. The summed E-state index contributed by atoms with van der Waals surface area (Å²) in [6.45, 7) is 9.60. The van der Waals surface area contributed by atoms with E-state index in [0.29, 0.717) is 17.9 Å². The molecule has 1 atom stereocenters. The number of fused-ring (bicyclic) bond motifs is 1. The zero-order valence-corrected chi connectivity index (χ0v) is 18.9. The van der Waals surface area contributed by atoms with Gasteiger partial charge in [-0.1, -0.05) is 25.4 Å². The van der Waals surface area contributed by atoms with Crippen molar-refractivity contribution in [3.63, 3.8) is 0 Å². The molecule has 2 aromatic rings. The van der Waals surface area contributed by atoms with Crippen LogP contribution >= 0.6 is 11.6 Å². The van der Waals surface area contributed by atoms with Crippen LogP contribution in [0.2, 0.25) is 5.02 Å². The third kappa shape index (κ3) is 6.67. The Morgan fingerprint density at radius 2 is 2.00 bits per heavy atom. The van der Waals surface area contributed by atoms with E-state index in [4.69, 9.17) is 16.3 Å². The van der Waals surface area contributed by atoms with Crippen LogP contribution in [0.1, 0.15) is 46.5 Å². The van der Waals surface area contributed by atoms with Gasteiger partial charge in [0.15, 0.2) is 0 Å². The van der Waals surface area contributed by atoms with Crippen molar-refractivity contribution in [2.24, 2.45) is 0 Å². The van der Waals surface area contributed by atoms with Crippen molar-refractivity contribution in [2.75, 3.05) is 31.1 Å². The monoisotopic (exact) mass is 433 g/mol. The van der Waals surface area contributed by atoms with Gasteiger partial charge in [-0.05, 0) is 70.1 Å². The number of halogens is 1. The van der Waals surface area contributed by atoms with Gasteiger partial charge in [-0.3, -0.25) is 9.88 Å². The largest absolute Gasteiger partial charge is 0.449 e. The fourth-order valence-corrected chi connectivity index (χ4v) is 3.67. The van der Waals surface area contributed by atoms with Gasteiger partial charge >= 0.3 is 6.09 Å². The first-order valence-electron chi connectivity index (χ1n) is 10.7. The number of hydrogen-bond donors (Lipinski definition) is 0. The van der Waals surface area contributed by atoms with E-state index in [1.165, 1.54) is 0 Å². The number of nitrogens with zero attached hydrogens (tertiary/aromatic N) is 3. The van der Waals surface area contributed by atoms with E-state index in [2.05, 4.69) is 23.7 Å². The molecule has 1 amide bonds. The van der Waals surface area contributed by atoms with Gasteiger partial charge in [0, 0.05) is 29.1 Å². The maximum Gasteiger partial charge on any atom is 0.414 e. The number of unbranched alkanes of at least 4 members (excludes halogenated alkanes) is 1. The van der Waals surface area contributed by atoms with Crippen LogP contribution < -0.4 is 4.90 Å². The summed E-state index contributed by atoms with van der Waals surface area (Å²) in [5.74, 6) is 0. The average Bonchev–Trinajstić information content (AvgIpc) is 2.74. The summed E-state index contributed by atoms with van der Waals surface area (Å²) < 4.78 is 5.50. The smallest absolute Gasteiger partial charge is 0.414 e. The second-order valence-electron chi connectivity index (χ2n) is 7.30. The van der Waals surface area contributed by atoms with Gasteiger partial charge in [0.25, 0.3) is 0 Å². The number of rotatable bonds is 12. The molecule has 0 saturated carbocycles. The van der Waals surface area contributed by atoms with E-state index in [0.717, 1.165) is 55.4 Å². The molecule has 0 N–H and O–H groups in total. The predicted molar refractivity (Wildman–Crippen MR) is 122 cm³/mol. The zero-order valence-electron chi connectivity index (χ0n) is 18.1. The molecule has 164 valence electrons. The highest BCUT2D eigenvalue weighted by Crippen LogP contribution is 2.30. The Morgan fingerprint density at radius 3 is 2.70 bits per heavy atom. The average molecular weight is 434 g/mol. The molecule has 6 nitrogen and oxygen atoms in total. The molecule has 7 heteroatoms. The Labute approximate surface area is 184 Å². The third-order valence-corrected chi connectivity index (χ3v) is 5.50. The highest BCUT2D eigenvalue weighted by atomic mass is 35.5. The summed E-state index contributed by atoms with van der Waals surface area (Å²) in [6.07, 6.45) is 4.84. The molecule has 30 heavy (non-hydrogen) atoms. The maximum atomic E-state index is 13.0. The Kier molecular flexibility index (Phi) is 10.0. The fourth-order valence-electron chi connectivity index (χ4n) is 3.51. The molecule has 0 radical (unpaired) electrons. The number of carbonyl (C=O) groups is 2. The van der Waals surface area contributed by atoms with E-state index in [1.54, 1.807) is 23.2 Å². The Bertz CT molecular complexity index is 826. The Hall–Kier alpha value is -2.18. The number of aromatic nitrogens is 1. The maximum absolute atomic E-state index is 13.0. The van der Waals surface area contributed by atoms with Crippen LogP contribution in [-0.2, 0) is 9.53 Å². The van der Waals surface area contributed by atoms with Gasteiger partial charge < -0.3 is 14.4 Å². The molecular formula is C23H32ClN3O3.